The third kappa shape index (κ3) is 4.76. The summed E-state index contributed by atoms with van der Waals surface area (Å²) in [5.74, 6) is 0.583. The van der Waals surface area contributed by atoms with Crippen LogP contribution in [0, 0.1) is 27.4 Å². The second-order valence-electron chi connectivity index (χ2n) is 8.42. The van der Waals surface area contributed by atoms with Crippen LogP contribution >= 0.6 is 11.3 Å². The van der Waals surface area contributed by atoms with E-state index in [1.54, 1.807) is 23.5 Å². The number of carbonyl (C=O) groups excluding carboxylic acids is 1. The van der Waals surface area contributed by atoms with Crippen molar-refractivity contribution in [3.8, 4) is 6.07 Å². The van der Waals surface area contributed by atoms with E-state index in [0.29, 0.717) is 23.0 Å². The van der Waals surface area contributed by atoms with Crippen LogP contribution in [0.5, 0.6) is 0 Å². The van der Waals surface area contributed by atoms with Crippen LogP contribution in [0.4, 0.5) is 16.4 Å². The van der Waals surface area contributed by atoms with Gasteiger partial charge in [-0.15, -0.1) is 11.3 Å². The minimum absolute atomic E-state index is 0.0845. The highest BCUT2D eigenvalue weighted by molar-refractivity contribution is 7.16. The van der Waals surface area contributed by atoms with Crippen molar-refractivity contribution < 1.29 is 9.72 Å². The lowest BCUT2D eigenvalue weighted by Crippen LogP contribution is -2.48. The minimum atomic E-state index is -0.399. The van der Waals surface area contributed by atoms with Gasteiger partial charge in [-0.1, -0.05) is 13.3 Å². The van der Waals surface area contributed by atoms with Crippen molar-refractivity contribution in [3.63, 3.8) is 0 Å². The number of nitriles is 1. The van der Waals surface area contributed by atoms with Gasteiger partial charge in [-0.2, -0.15) is 5.26 Å². The molecule has 0 bridgehead atoms. The normalized spacial score (nSPS) is 18.6. The van der Waals surface area contributed by atoms with Gasteiger partial charge in [0.05, 0.1) is 17.0 Å². The Balaban J connectivity index is 1.32. The highest BCUT2D eigenvalue weighted by atomic mass is 32.1. The highest BCUT2D eigenvalue weighted by Crippen LogP contribution is 2.40. The van der Waals surface area contributed by atoms with E-state index in [4.69, 9.17) is 0 Å². The fraction of sp³-hybridized carbons (Fsp3) is 0.478. The number of fused-ring (bicyclic) bond motifs is 1. The minimum Gasteiger partial charge on any atom is -0.369 e. The molecule has 1 unspecified atom stereocenters. The summed E-state index contributed by atoms with van der Waals surface area (Å²) in [6.07, 6.45) is 4.19. The summed E-state index contributed by atoms with van der Waals surface area (Å²) in [6.45, 7) is 5.46. The molecule has 1 saturated heterocycles. The molecule has 2 aliphatic rings. The predicted molar refractivity (Wildman–Crippen MR) is 125 cm³/mol. The molecule has 0 radical (unpaired) electrons. The number of hydrogen-bond acceptors (Lipinski definition) is 7. The molecule has 1 N–H and O–H groups in total. The maximum atomic E-state index is 12.7. The number of amides is 1. The molecular formula is C23H27N5O3S. The molecule has 1 fully saturated rings. The largest absolute Gasteiger partial charge is 0.369 e. The Bertz CT molecular complexity index is 1040. The summed E-state index contributed by atoms with van der Waals surface area (Å²) < 4.78 is 0. The molecule has 0 spiro atoms. The van der Waals surface area contributed by atoms with Gasteiger partial charge in [0.2, 0.25) is 5.91 Å². The first-order valence-corrected chi connectivity index (χ1v) is 11.9. The zero-order valence-corrected chi connectivity index (χ0v) is 19.0. The number of nitrogens with one attached hydrogen (secondary N) is 1. The molecule has 168 valence electrons. The van der Waals surface area contributed by atoms with Gasteiger partial charge in [-0.05, 0) is 42.9 Å². The number of piperazine rings is 1. The molecule has 1 aromatic carbocycles. The fourth-order valence-electron chi connectivity index (χ4n) is 4.53. The standard InChI is InChI=1S/C23H27N5O3S/c1-2-16-3-8-19-20(14-24)23(32-21(19)13-16)25-22(29)15-26-9-11-27(12-10-26)17-4-6-18(7-5-17)28(30)31/h4-7,16H,2-3,8-13,15H2,1H3,(H,25,29). The summed E-state index contributed by atoms with van der Waals surface area (Å²) in [6, 6.07) is 8.89. The molecule has 1 amide bonds. The molecule has 2 aromatic rings. The summed E-state index contributed by atoms with van der Waals surface area (Å²) >= 11 is 1.57. The van der Waals surface area contributed by atoms with Gasteiger partial charge >= 0.3 is 0 Å². The number of nitro benzene ring substituents is 1. The fourth-order valence-corrected chi connectivity index (χ4v) is 5.86. The number of nitrogens with zero attached hydrogens (tertiary/aromatic N) is 4. The SMILES string of the molecule is CCC1CCc2c(sc(NC(=O)CN3CCN(c4ccc([N+](=O)[O-])cc4)CC3)c2C#N)C1. The van der Waals surface area contributed by atoms with E-state index in [0.717, 1.165) is 63.1 Å². The molecule has 4 rings (SSSR count). The van der Waals surface area contributed by atoms with E-state index in [1.165, 1.54) is 17.0 Å². The first-order chi connectivity index (χ1) is 15.5. The maximum Gasteiger partial charge on any atom is 0.269 e. The lowest BCUT2D eigenvalue weighted by atomic mass is 9.86. The third-order valence-electron chi connectivity index (χ3n) is 6.47. The second kappa shape index (κ2) is 9.67. The van der Waals surface area contributed by atoms with Crippen LogP contribution in [-0.4, -0.2) is 48.5 Å². The number of carbonyl (C=O) groups is 1. The summed E-state index contributed by atoms with van der Waals surface area (Å²) in [7, 11) is 0. The number of hydrogen-bond donors (Lipinski definition) is 1. The number of rotatable bonds is 6. The first-order valence-electron chi connectivity index (χ1n) is 11.0. The maximum absolute atomic E-state index is 12.7. The van der Waals surface area contributed by atoms with E-state index >= 15 is 0 Å². The van der Waals surface area contributed by atoms with Crippen molar-refractivity contribution in [2.24, 2.45) is 5.92 Å². The van der Waals surface area contributed by atoms with Crippen molar-refractivity contribution in [1.29, 1.82) is 5.26 Å². The number of anilines is 2. The van der Waals surface area contributed by atoms with Crippen LogP contribution in [0.3, 0.4) is 0 Å². The monoisotopic (exact) mass is 453 g/mol. The summed E-state index contributed by atoms with van der Waals surface area (Å²) in [5, 5.41) is 24.2. The van der Waals surface area contributed by atoms with Gasteiger partial charge in [0.1, 0.15) is 11.1 Å². The smallest absolute Gasteiger partial charge is 0.269 e. The molecule has 1 aliphatic carbocycles. The highest BCUT2D eigenvalue weighted by Gasteiger charge is 2.26. The third-order valence-corrected chi connectivity index (χ3v) is 7.64. The second-order valence-corrected chi connectivity index (χ2v) is 9.53. The Kier molecular flexibility index (Phi) is 6.72. The van der Waals surface area contributed by atoms with Crippen LogP contribution in [0.25, 0.3) is 0 Å². The molecule has 1 aromatic heterocycles. The molecule has 2 heterocycles. The average molecular weight is 454 g/mol. The van der Waals surface area contributed by atoms with Crippen molar-refractivity contribution in [3.05, 3.63) is 50.4 Å². The number of thiophene rings is 1. The molecular weight excluding hydrogens is 426 g/mol. The Hall–Kier alpha value is -2.96. The van der Waals surface area contributed by atoms with E-state index in [9.17, 15) is 20.2 Å². The molecule has 8 nitrogen and oxygen atoms in total. The Labute approximate surface area is 191 Å². The van der Waals surface area contributed by atoms with Crippen LogP contribution in [0.15, 0.2) is 24.3 Å². The van der Waals surface area contributed by atoms with E-state index in [2.05, 4.69) is 28.1 Å². The van der Waals surface area contributed by atoms with Crippen molar-refractivity contribution >= 4 is 33.6 Å². The topological polar surface area (TPSA) is 103 Å². The van der Waals surface area contributed by atoms with Gasteiger partial charge in [0.25, 0.3) is 5.69 Å². The first kappa shape index (κ1) is 22.2. The average Bonchev–Trinajstić information content (AvgIpc) is 3.15. The quantitative estimate of drug-likeness (QED) is 0.527. The van der Waals surface area contributed by atoms with E-state index < -0.39 is 4.92 Å². The number of non-ortho nitro benzene ring substituents is 1. The zero-order chi connectivity index (χ0) is 22.7. The van der Waals surface area contributed by atoms with Crippen LogP contribution < -0.4 is 10.2 Å². The van der Waals surface area contributed by atoms with Gasteiger partial charge in [-0.3, -0.25) is 19.8 Å². The van der Waals surface area contributed by atoms with Crippen molar-refractivity contribution in [2.45, 2.75) is 32.6 Å². The Morgan fingerprint density at radius 2 is 2.00 bits per heavy atom. The lowest BCUT2D eigenvalue weighted by molar-refractivity contribution is -0.384. The number of benzene rings is 1. The van der Waals surface area contributed by atoms with Gasteiger partial charge in [0, 0.05) is 48.9 Å². The Morgan fingerprint density at radius 3 is 2.62 bits per heavy atom. The zero-order valence-electron chi connectivity index (χ0n) is 18.2. The molecule has 1 atom stereocenters. The van der Waals surface area contributed by atoms with Crippen LogP contribution in [0.1, 0.15) is 35.8 Å². The molecule has 1 aliphatic heterocycles. The summed E-state index contributed by atoms with van der Waals surface area (Å²) in [5.41, 5.74) is 2.82. The van der Waals surface area contributed by atoms with Gasteiger partial charge in [-0.25, -0.2) is 0 Å². The molecule has 32 heavy (non-hydrogen) atoms. The lowest BCUT2D eigenvalue weighted by Gasteiger charge is -2.35. The number of nitro groups is 1. The van der Waals surface area contributed by atoms with Crippen LogP contribution in [-0.2, 0) is 17.6 Å². The van der Waals surface area contributed by atoms with Crippen molar-refractivity contribution in [2.75, 3.05) is 42.9 Å². The van der Waals surface area contributed by atoms with Gasteiger partial charge < -0.3 is 10.2 Å². The van der Waals surface area contributed by atoms with E-state index in [1.807, 2.05) is 0 Å². The van der Waals surface area contributed by atoms with E-state index in [-0.39, 0.29) is 11.6 Å². The predicted octanol–water partition coefficient (Wildman–Crippen LogP) is 3.80. The molecule has 0 saturated carbocycles. The summed E-state index contributed by atoms with van der Waals surface area (Å²) in [4.78, 5) is 28.7. The van der Waals surface area contributed by atoms with Crippen molar-refractivity contribution in [1.82, 2.24) is 4.90 Å². The van der Waals surface area contributed by atoms with Crippen LogP contribution in [0.2, 0.25) is 0 Å². The van der Waals surface area contributed by atoms with Gasteiger partial charge in [0.15, 0.2) is 0 Å². The molecule has 9 heteroatoms. The Morgan fingerprint density at radius 1 is 1.28 bits per heavy atom.